The second-order valence-electron chi connectivity index (χ2n) is 5.35. The molecular weight excluding hydrogens is 270 g/mol. The summed E-state index contributed by atoms with van der Waals surface area (Å²) < 4.78 is 5.42. The molecule has 1 saturated heterocycles. The van der Waals surface area contributed by atoms with Crippen molar-refractivity contribution < 1.29 is 4.52 Å². The molecule has 4 nitrogen and oxygen atoms in total. The van der Waals surface area contributed by atoms with E-state index in [2.05, 4.69) is 53.6 Å². The lowest BCUT2D eigenvalue weighted by Gasteiger charge is -2.07. The number of benzene rings is 1. The van der Waals surface area contributed by atoms with Crippen LogP contribution in [-0.2, 0) is 5.75 Å². The summed E-state index contributed by atoms with van der Waals surface area (Å²) in [6.07, 6.45) is 0. The molecule has 0 spiro atoms. The van der Waals surface area contributed by atoms with Gasteiger partial charge in [-0.15, -0.1) is 11.8 Å². The van der Waals surface area contributed by atoms with Crippen LogP contribution in [0, 0.1) is 12.8 Å². The summed E-state index contributed by atoms with van der Waals surface area (Å²) >= 11 is 1.76. The van der Waals surface area contributed by atoms with Crippen LogP contribution in [-0.4, -0.2) is 23.2 Å². The minimum absolute atomic E-state index is 0.361. The van der Waals surface area contributed by atoms with Crippen molar-refractivity contribution in [1.82, 2.24) is 15.5 Å². The molecule has 2 unspecified atom stereocenters. The predicted molar refractivity (Wildman–Crippen MR) is 79.8 cm³/mol. The van der Waals surface area contributed by atoms with Crippen molar-refractivity contribution in [1.29, 1.82) is 0 Å². The molecule has 5 heteroatoms. The molecule has 0 aliphatic carbocycles. The molecule has 1 aliphatic rings. The number of rotatable bonds is 4. The molecule has 1 aromatic carbocycles. The summed E-state index contributed by atoms with van der Waals surface area (Å²) in [4.78, 5) is 5.82. The van der Waals surface area contributed by atoms with Crippen LogP contribution >= 0.6 is 11.8 Å². The molecule has 0 bridgehead atoms. The molecule has 0 amide bonds. The average molecular weight is 289 g/mol. The van der Waals surface area contributed by atoms with Gasteiger partial charge in [-0.25, -0.2) is 0 Å². The van der Waals surface area contributed by atoms with Crippen LogP contribution in [0.4, 0.5) is 0 Å². The van der Waals surface area contributed by atoms with Gasteiger partial charge in [0.2, 0.25) is 5.89 Å². The van der Waals surface area contributed by atoms with Crippen molar-refractivity contribution in [2.24, 2.45) is 5.92 Å². The zero-order valence-corrected chi connectivity index (χ0v) is 12.6. The number of nitrogens with zero attached hydrogens (tertiary/aromatic N) is 2. The Morgan fingerprint density at radius 1 is 1.35 bits per heavy atom. The van der Waals surface area contributed by atoms with Crippen LogP contribution in [0.25, 0.3) is 0 Å². The molecule has 2 atom stereocenters. The van der Waals surface area contributed by atoms with Crippen LogP contribution in [0.15, 0.2) is 33.7 Å². The zero-order chi connectivity index (χ0) is 13.9. The van der Waals surface area contributed by atoms with E-state index in [0.29, 0.717) is 11.8 Å². The van der Waals surface area contributed by atoms with Crippen molar-refractivity contribution in [3.63, 3.8) is 0 Å². The molecule has 1 aromatic heterocycles. The van der Waals surface area contributed by atoms with Crippen LogP contribution in [0.1, 0.15) is 30.1 Å². The van der Waals surface area contributed by atoms with Crippen LogP contribution in [0.2, 0.25) is 0 Å². The first-order chi connectivity index (χ1) is 9.74. The van der Waals surface area contributed by atoms with Gasteiger partial charge >= 0.3 is 0 Å². The molecule has 1 aliphatic heterocycles. The minimum atomic E-state index is 0.361. The smallest absolute Gasteiger partial charge is 0.231 e. The van der Waals surface area contributed by atoms with Crippen LogP contribution < -0.4 is 5.32 Å². The number of nitrogens with one attached hydrogen (secondary N) is 1. The van der Waals surface area contributed by atoms with Gasteiger partial charge in [-0.05, 0) is 31.0 Å². The van der Waals surface area contributed by atoms with Crippen molar-refractivity contribution in [2.45, 2.75) is 30.4 Å². The van der Waals surface area contributed by atoms with E-state index >= 15 is 0 Å². The quantitative estimate of drug-likeness (QED) is 0.877. The van der Waals surface area contributed by atoms with Crippen LogP contribution in [0.5, 0.6) is 0 Å². The van der Waals surface area contributed by atoms with Gasteiger partial charge in [0.1, 0.15) is 0 Å². The van der Waals surface area contributed by atoms with E-state index in [0.717, 1.165) is 30.6 Å². The van der Waals surface area contributed by atoms with Gasteiger partial charge in [0.15, 0.2) is 5.82 Å². The lowest BCUT2D eigenvalue weighted by Crippen LogP contribution is -2.08. The molecular formula is C15H19N3OS. The third-order valence-electron chi connectivity index (χ3n) is 3.77. The Morgan fingerprint density at radius 2 is 2.20 bits per heavy atom. The highest BCUT2D eigenvalue weighted by molar-refractivity contribution is 7.98. The first-order valence-corrected chi connectivity index (χ1v) is 7.94. The van der Waals surface area contributed by atoms with E-state index in [9.17, 15) is 0 Å². The highest BCUT2D eigenvalue weighted by Gasteiger charge is 2.29. The maximum atomic E-state index is 5.42. The second-order valence-corrected chi connectivity index (χ2v) is 6.36. The van der Waals surface area contributed by atoms with Gasteiger partial charge in [0, 0.05) is 11.4 Å². The molecule has 0 radical (unpaired) electrons. The van der Waals surface area contributed by atoms with Crippen molar-refractivity contribution in [3.05, 3.63) is 41.5 Å². The maximum absolute atomic E-state index is 5.42. The highest BCUT2D eigenvalue weighted by Crippen LogP contribution is 2.28. The first kappa shape index (κ1) is 13.6. The first-order valence-electron chi connectivity index (χ1n) is 6.95. The molecule has 1 N–H and O–H groups in total. The average Bonchev–Trinajstić information content (AvgIpc) is 3.06. The Labute approximate surface area is 123 Å². The fraction of sp³-hybridized carbons (Fsp3) is 0.467. The van der Waals surface area contributed by atoms with E-state index in [1.165, 1.54) is 10.5 Å². The number of aromatic nitrogens is 2. The number of thioether (sulfide) groups is 1. The number of hydrogen-bond donors (Lipinski definition) is 1. The molecule has 20 heavy (non-hydrogen) atoms. The molecule has 2 heterocycles. The van der Waals surface area contributed by atoms with Crippen molar-refractivity contribution in [3.8, 4) is 0 Å². The third-order valence-corrected chi connectivity index (χ3v) is 4.94. The normalized spacial score (nSPS) is 22.3. The van der Waals surface area contributed by atoms with E-state index < -0.39 is 0 Å². The number of hydrogen-bond acceptors (Lipinski definition) is 5. The predicted octanol–water partition coefficient (Wildman–Crippen LogP) is 2.99. The highest BCUT2D eigenvalue weighted by atomic mass is 32.2. The molecule has 1 fully saturated rings. The summed E-state index contributed by atoms with van der Waals surface area (Å²) in [6.45, 7) is 6.31. The maximum Gasteiger partial charge on any atom is 0.231 e. The molecule has 106 valence electrons. The van der Waals surface area contributed by atoms with Crippen molar-refractivity contribution in [2.75, 3.05) is 13.1 Å². The monoisotopic (exact) mass is 289 g/mol. The standard InChI is InChI=1S/C15H19N3OS/c1-10-5-3-4-6-13(10)20-9-14-17-15(19-18-14)12-8-16-7-11(12)2/h3-6,11-12,16H,7-9H2,1-2H3. The summed E-state index contributed by atoms with van der Waals surface area (Å²) in [5.74, 6) is 3.24. The van der Waals surface area contributed by atoms with E-state index in [4.69, 9.17) is 4.52 Å². The Balaban J connectivity index is 1.64. The van der Waals surface area contributed by atoms with Gasteiger partial charge in [-0.2, -0.15) is 4.98 Å². The second kappa shape index (κ2) is 5.97. The Hall–Kier alpha value is -1.33. The summed E-state index contributed by atoms with van der Waals surface area (Å²) in [6, 6.07) is 8.36. The Kier molecular flexibility index (Phi) is 4.08. The van der Waals surface area contributed by atoms with Gasteiger partial charge < -0.3 is 9.84 Å². The van der Waals surface area contributed by atoms with E-state index in [-0.39, 0.29) is 0 Å². The topological polar surface area (TPSA) is 51.0 Å². The SMILES string of the molecule is Cc1ccccc1SCc1noc(C2CNCC2C)n1. The fourth-order valence-corrected chi connectivity index (χ4v) is 3.35. The summed E-state index contributed by atoms with van der Waals surface area (Å²) in [7, 11) is 0. The molecule has 0 saturated carbocycles. The third kappa shape index (κ3) is 2.88. The van der Waals surface area contributed by atoms with E-state index in [1.807, 2.05) is 0 Å². The molecule has 3 rings (SSSR count). The van der Waals surface area contributed by atoms with Crippen molar-refractivity contribution >= 4 is 11.8 Å². The van der Waals surface area contributed by atoms with Gasteiger partial charge in [0.25, 0.3) is 0 Å². The minimum Gasteiger partial charge on any atom is -0.339 e. The van der Waals surface area contributed by atoms with Gasteiger partial charge in [-0.1, -0.05) is 30.3 Å². The fourth-order valence-electron chi connectivity index (χ4n) is 2.48. The Bertz CT molecular complexity index is 584. The van der Waals surface area contributed by atoms with E-state index in [1.54, 1.807) is 11.8 Å². The summed E-state index contributed by atoms with van der Waals surface area (Å²) in [5.41, 5.74) is 1.29. The van der Waals surface area contributed by atoms with Gasteiger partial charge in [-0.3, -0.25) is 0 Å². The zero-order valence-electron chi connectivity index (χ0n) is 11.8. The number of aryl methyl sites for hydroxylation is 1. The lowest BCUT2D eigenvalue weighted by molar-refractivity contribution is 0.337. The van der Waals surface area contributed by atoms with Gasteiger partial charge in [0.05, 0.1) is 11.7 Å². The largest absolute Gasteiger partial charge is 0.339 e. The summed E-state index contributed by atoms with van der Waals surface area (Å²) in [5, 5.41) is 7.47. The Morgan fingerprint density at radius 3 is 2.95 bits per heavy atom. The molecule has 2 aromatic rings. The van der Waals surface area contributed by atoms with Crippen LogP contribution in [0.3, 0.4) is 0 Å². The lowest BCUT2D eigenvalue weighted by atomic mass is 9.98.